The summed E-state index contributed by atoms with van der Waals surface area (Å²) in [6, 6.07) is 0.267. The summed E-state index contributed by atoms with van der Waals surface area (Å²) in [7, 11) is 0. The van der Waals surface area contributed by atoms with Crippen molar-refractivity contribution in [3.63, 3.8) is 0 Å². The van der Waals surface area contributed by atoms with Gasteiger partial charge in [-0.25, -0.2) is 0 Å². The number of nitrogens with one attached hydrogen (secondary N) is 1. The number of hydrogen-bond donors (Lipinski definition) is 2. The molecule has 0 saturated heterocycles. The smallest absolute Gasteiger partial charge is 0.303 e. The molecule has 1 fully saturated rings. The fourth-order valence-electron chi connectivity index (χ4n) is 2.77. The third kappa shape index (κ3) is 7.19. The average Bonchev–Trinajstić information content (AvgIpc) is 2.36. The van der Waals surface area contributed by atoms with Crippen LogP contribution in [0.5, 0.6) is 0 Å². The highest BCUT2D eigenvalue weighted by atomic mass is 16.4. The Morgan fingerprint density at radius 2 is 1.79 bits per heavy atom. The van der Waals surface area contributed by atoms with Gasteiger partial charge in [-0.05, 0) is 38.0 Å². The molecule has 0 spiro atoms. The first-order valence-corrected chi connectivity index (χ1v) is 7.63. The summed E-state index contributed by atoms with van der Waals surface area (Å²) in [4.78, 5) is 22.4. The van der Waals surface area contributed by atoms with Gasteiger partial charge < -0.3 is 10.4 Å². The molecule has 0 aliphatic heterocycles. The second kappa shape index (κ2) is 8.94. The molecular formula is C15H27NO3. The summed E-state index contributed by atoms with van der Waals surface area (Å²) in [6.07, 6.45) is 9.12. The molecule has 2 N–H and O–H groups in total. The first-order chi connectivity index (χ1) is 9.11. The lowest BCUT2D eigenvalue weighted by atomic mass is 9.84. The average molecular weight is 269 g/mol. The topological polar surface area (TPSA) is 66.4 Å². The van der Waals surface area contributed by atoms with Gasteiger partial charge in [0.25, 0.3) is 0 Å². The van der Waals surface area contributed by atoms with Gasteiger partial charge in [-0.15, -0.1) is 0 Å². The minimum Gasteiger partial charge on any atom is -0.481 e. The number of carboxylic acid groups (broad SMARTS) is 1. The molecule has 4 heteroatoms. The standard InChI is InChI=1S/C15H27NO3/c1-2-3-4-5-6-14(17)16-13-9-7-12(8-10-13)11-15(18)19/h12-13H,2-11H2,1H3,(H,16,17)(H,18,19). The van der Waals surface area contributed by atoms with E-state index in [0.29, 0.717) is 12.3 Å². The molecule has 0 aromatic rings. The summed E-state index contributed by atoms with van der Waals surface area (Å²) in [6.45, 7) is 2.16. The molecule has 1 aliphatic carbocycles. The van der Waals surface area contributed by atoms with Gasteiger partial charge in [0.05, 0.1) is 0 Å². The van der Waals surface area contributed by atoms with Crippen molar-refractivity contribution >= 4 is 11.9 Å². The van der Waals surface area contributed by atoms with Gasteiger partial charge in [-0.2, -0.15) is 0 Å². The van der Waals surface area contributed by atoms with Crippen molar-refractivity contribution in [1.29, 1.82) is 0 Å². The zero-order chi connectivity index (χ0) is 14.1. The van der Waals surface area contributed by atoms with Crippen LogP contribution in [0.25, 0.3) is 0 Å². The maximum atomic E-state index is 11.7. The van der Waals surface area contributed by atoms with Gasteiger partial charge >= 0.3 is 5.97 Å². The number of unbranched alkanes of at least 4 members (excludes halogenated alkanes) is 3. The zero-order valence-electron chi connectivity index (χ0n) is 12.0. The van der Waals surface area contributed by atoms with Crippen molar-refractivity contribution in [3.05, 3.63) is 0 Å². The van der Waals surface area contributed by atoms with Gasteiger partial charge in [-0.1, -0.05) is 26.2 Å². The number of rotatable bonds is 8. The Bertz CT molecular complexity index is 283. The van der Waals surface area contributed by atoms with Gasteiger partial charge in [0.15, 0.2) is 0 Å². The molecule has 0 atom stereocenters. The lowest BCUT2D eigenvalue weighted by molar-refractivity contribution is -0.138. The summed E-state index contributed by atoms with van der Waals surface area (Å²) >= 11 is 0. The summed E-state index contributed by atoms with van der Waals surface area (Å²) in [5.41, 5.74) is 0. The number of carbonyl (C=O) groups excluding carboxylic acids is 1. The molecule has 19 heavy (non-hydrogen) atoms. The minimum atomic E-state index is -0.705. The van der Waals surface area contributed by atoms with Gasteiger partial charge in [0, 0.05) is 18.9 Å². The van der Waals surface area contributed by atoms with E-state index in [1.807, 2.05) is 0 Å². The Balaban J connectivity index is 2.11. The highest BCUT2D eigenvalue weighted by Crippen LogP contribution is 2.26. The second-order valence-electron chi connectivity index (χ2n) is 5.69. The van der Waals surface area contributed by atoms with Crippen molar-refractivity contribution < 1.29 is 14.7 Å². The van der Waals surface area contributed by atoms with Gasteiger partial charge in [0.2, 0.25) is 5.91 Å². The summed E-state index contributed by atoms with van der Waals surface area (Å²) in [5, 5.41) is 11.8. The van der Waals surface area contributed by atoms with E-state index >= 15 is 0 Å². The molecule has 1 saturated carbocycles. The van der Waals surface area contributed by atoms with Crippen LogP contribution in [-0.4, -0.2) is 23.0 Å². The lowest BCUT2D eigenvalue weighted by Crippen LogP contribution is -2.37. The molecule has 1 amide bonds. The number of amides is 1. The van der Waals surface area contributed by atoms with Crippen LogP contribution in [0.15, 0.2) is 0 Å². The summed E-state index contributed by atoms with van der Waals surface area (Å²) < 4.78 is 0. The SMILES string of the molecule is CCCCCCC(=O)NC1CCC(CC(=O)O)CC1. The zero-order valence-corrected chi connectivity index (χ0v) is 12.0. The maximum absolute atomic E-state index is 11.7. The van der Waals surface area contributed by atoms with Crippen LogP contribution in [0.3, 0.4) is 0 Å². The first kappa shape index (κ1) is 16.0. The Kier molecular flexibility index (Phi) is 7.53. The molecule has 0 heterocycles. The molecule has 0 aromatic heterocycles. The Morgan fingerprint density at radius 1 is 1.11 bits per heavy atom. The van der Waals surface area contributed by atoms with Crippen LogP contribution in [0.2, 0.25) is 0 Å². The maximum Gasteiger partial charge on any atom is 0.303 e. The predicted octanol–water partition coefficient (Wildman–Crippen LogP) is 3.11. The Hall–Kier alpha value is -1.06. The molecule has 4 nitrogen and oxygen atoms in total. The van der Waals surface area contributed by atoms with Crippen LogP contribution < -0.4 is 5.32 Å². The van der Waals surface area contributed by atoms with Gasteiger partial charge in [0.1, 0.15) is 0 Å². The van der Waals surface area contributed by atoms with E-state index < -0.39 is 5.97 Å². The third-order valence-corrected chi connectivity index (χ3v) is 3.93. The van der Waals surface area contributed by atoms with Crippen LogP contribution in [-0.2, 0) is 9.59 Å². The number of aliphatic carboxylic acids is 1. The fourth-order valence-corrected chi connectivity index (χ4v) is 2.77. The predicted molar refractivity (Wildman–Crippen MR) is 74.9 cm³/mol. The number of carbonyl (C=O) groups is 2. The normalized spacial score (nSPS) is 23.0. The van der Waals surface area contributed by atoms with E-state index in [1.54, 1.807) is 0 Å². The Morgan fingerprint density at radius 3 is 2.37 bits per heavy atom. The van der Waals surface area contributed by atoms with Crippen molar-refractivity contribution in [2.45, 2.75) is 77.2 Å². The largest absolute Gasteiger partial charge is 0.481 e. The van der Waals surface area contributed by atoms with E-state index in [1.165, 1.54) is 12.8 Å². The van der Waals surface area contributed by atoms with E-state index in [0.717, 1.165) is 38.5 Å². The summed E-state index contributed by atoms with van der Waals surface area (Å²) in [5.74, 6) is -0.239. The monoisotopic (exact) mass is 269 g/mol. The molecule has 110 valence electrons. The second-order valence-corrected chi connectivity index (χ2v) is 5.69. The van der Waals surface area contributed by atoms with Crippen LogP contribution in [0.1, 0.15) is 71.1 Å². The first-order valence-electron chi connectivity index (χ1n) is 7.63. The van der Waals surface area contributed by atoms with Crippen molar-refractivity contribution in [2.24, 2.45) is 5.92 Å². The highest BCUT2D eigenvalue weighted by Gasteiger charge is 2.23. The van der Waals surface area contributed by atoms with Crippen LogP contribution in [0, 0.1) is 5.92 Å². The molecular weight excluding hydrogens is 242 g/mol. The van der Waals surface area contributed by atoms with E-state index in [4.69, 9.17) is 5.11 Å². The van der Waals surface area contributed by atoms with E-state index in [9.17, 15) is 9.59 Å². The molecule has 0 radical (unpaired) electrons. The molecule has 0 unspecified atom stereocenters. The fraction of sp³-hybridized carbons (Fsp3) is 0.867. The van der Waals surface area contributed by atoms with Gasteiger partial charge in [-0.3, -0.25) is 9.59 Å². The van der Waals surface area contributed by atoms with Crippen LogP contribution >= 0.6 is 0 Å². The van der Waals surface area contributed by atoms with Crippen molar-refractivity contribution in [3.8, 4) is 0 Å². The van der Waals surface area contributed by atoms with E-state index in [-0.39, 0.29) is 18.4 Å². The minimum absolute atomic E-state index is 0.165. The van der Waals surface area contributed by atoms with Crippen LogP contribution in [0.4, 0.5) is 0 Å². The molecule has 0 bridgehead atoms. The molecule has 1 rings (SSSR count). The quantitative estimate of drug-likeness (QED) is 0.665. The van der Waals surface area contributed by atoms with E-state index in [2.05, 4.69) is 12.2 Å². The third-order valence-electron chi connectivity index (χ3n) is 3.93. The highest BCUT2D eigenvalue weighted by molar-refractivity contribution is 5.76. The number of hydrogen-bond acceptors (Lipinski definition) is 2. The number of carboxylic acids is 1. The Labute approximate surface area is 116 Å². The molecule has 0 aromatic carbocycles. The lowest BCUT2D eigenvalue weighted by Gasteiger charge is -2.28. The van der Waals surface area contributed by atoms with Crippen molar-refractivity contribution in [1.82, 2.24) is 5.32 Å². The molecule has 1 aliphatic rings. The van der Waals surface area contributed by atoms with Crippen molar-refractivity contribution in [2.75, 3.05) is 0 Å².